The van der Waals surface area contributed by atoms with Gasteiger partial charge in [-0.05, 0) is 68.3 Å². The molecule has 0 aliphatic rings. The Bertz CT molecular complexity index is 743. The second kappa shape index (κ2) is 6.93. The van der Waals surface area contributed by atoms with Crippen LogP contribution < -0.4 is 4.74 Å². The molecule has 0 aromatic heterocycles. The van der Waals surface area contributed by atoms with Crippen molar-refractivity contribution in [3.63, 3.8) is 0 Å². The van der Waals surface area contributed by atoms with E-state index in [4.69, 9.17) is 4.74 Å². The lowest BCUT2D eigenvalue weighted by atomic mass is 10.2. The summed E-state index contributed by atoms with van der Waals surface area (Å²) in [6.07, 6.45) is 0. The Kier molecular flexibility index (Phi) is 5.20. The molecule has 0 atom stereocenters. The summed E-state index contributed by atoms with van der Waals surface area (Å²) in [4.78, 5) is 23.6. The van der Waals surface area contributed by atoms with E-state index in [0.29, 0.717) is 14.5 Å². The molecule has 7 heteroatoms. The fourth-order valence-corrected chi connectivity index (χ4v) is 2.71. The zero-order chi connectivity index (χ0) is 16.3. The quantitative estimate of drug-likeness (QED) is 0.591. The highest BCUT2D eigenvalue weighted by atomic mass is 79.9. The van der Waals surface area contributed by atoms with Gasteiger partial charge in [0.05, 0.1) is 18.2 Å². The van der Waals surface area contributed by atoms with E-state index in [-0.39, 0.29) is 17.1 Å². The van der Waals surface area contributed by atoms with Gasteiger partial charge < -0.3 is 14.6 Å². The largest absolute Gasteiger partial charge is 0.508 e. The summed E-state index contributed by atoms with van der Waals surface area (Å²) in [7, 11) is 1.28. The third-order valence-electron chi connectivity index (χ3n) is 2.73. The Balaban J connectivity index is 2.22. The van der Waals surface area contributed by atoms with Crippen LogP contribution in [0.1, 0.15) is 20.7 Å². The van der Waals surface area contributed by atoms with Gasteiger partial charge in [-0.1, -0.05) is 0 Å². The lowest BCUT2D eigenvalue weighted by Gasteiger charge is -2.08. The van der Waals surface area contributed by atoms with E-state index in [1.807, 2.05) is 0 Å². The average Bonchev–Trinajstić information content (AvgIpc) is 2.46. The Morgan fingerprint density at radius 3 is 2.14 bits per heavy atom. The molecule has 0 spiro atoms. The van der Waals surface area contributed by atoms with E-state index in [1.165, 1.54) is 43.5 Å². The number of hydrogen-bond donors (Lipinski definition) is 1. The monoisotopic (exact) mass is 428 g/mol. The SMILES string of the molecule is COC(=O)c1ccc(OC(=O)c2ccc(O)cc2Br)cc1Br. The first kappa shape index (κ1) is 16.5. The Labute approximate surface area is 143 Å². The molecule has 114 valence electrons. The van der Waals surface area contributed by atoms with Crippen molar-refractivity contribution in [1.82, 2.24) is 0 Å². The number of ether oxygens (including phenoxy) is 2. The summed E-state index contributed by atoms with van der Waals surface area (Å²) in [6.45, 7) is 0. The molecule has 2 aromatic carbocycles. The highest BCUT2D eigenvalue weighted by molar-refractivity contribution is 9.10. The molecule has 0 heterocycles. The van der Waals surface area contributed by atoms with Crippen LogP contribution in [0.4, 0.5) is 0 Å². The number of esters is 2. The minimum absolute atomic E-state index is 0.0357. The molecule has 0 fully saturated rings. The van der Waals surface area contributed by atoms with Crippen molar-refractivity contribution in [3.05, 3.63) is 56.5 Å². The van der Waals surface area contributed by atoms with Crippen molar-refractivity contribution in [2.45, 2.75) is 0 Å². The maximum Gasteiger partial charge on any atom is 0.344 e. The maximum absolute atomic E-state index is 12.1. The minimum Gasteiger partial charge on any atom is -0.508 e. The zero-order valence-electron chi connectivity index (χ0n) is 11.3. The van der Waals surface area contributed by atoms with Crippen molar-refractivity contribution in [1.29, 1.82) is 0 Å². The molecule has 0 aliphatic heterocycles. The fourth-order valence-electron chi connectivity index (χ4n) is 1.67. The Hall–Kier alpha value is -1.86. The number of phenolic OH excluding ortho intramolecular Hbond substituents is 1. The average molecular weight is 430 g/mol. The second-order valence-electron chi connectivity index (χ2n) is 4.19. The van der Waals surface area contributed by atoms with Gasteiger partial charge in [-0.25, -0.2) is 9.59 Å². The third kappa shape index (κ3) is 3.66. The molecule has 22 heavy (non-hydrogen) atoms. The zero-order valence-corrected chi connectivity index (χ0v) is 14.5. The Morgan fingerprint density at radius 2 is 1.55 bits per heavy atom. The van der Waals surface area contributed by atoms with E-state index in [1.54, 1.807) is 0 Å². The first-order chi connectivity index (χ1) is 10.4. The number of phenols is 1. The van der Waals surface area contributed by atoms with Gasteiger partial charge in [0.15, 0.2) is 0 Å². The van der Waals surface area contributed by atoms with Gasteiger partial charge in [-0.15, -0.1) is 0 Å². The lowest BCUT2D eigenvalue weighted by molar-refractivity contribution is 0.0599. The van der Waals surface area contributed by atoms with Gasteiger partial charge in [0.1, 0.15) is 11.5 Å². The van der Waals surface area contributed by atoms with Crippen molar-refractivity contribution in [2.24, 2.45) is 0 Å². The number of rotatable bonds is 3. The van der Waals surface area contributed by atoms with Gasteiger partial charge in [-0.2, -0.15) is 0 Å². The van der Waals surface area contributed by atoms with Gasteiger partial charge in [0, 0.05) is 8.95 Å². The van der Waals surface area contributed by atoms with Crippen molar-refractivity contribution in [3.8, 4) is 11.5 Å². The predicted molar refractivity (Wildman–Crippen MR) is 86.2 cm³/mol. The molecule has 0 saturated carbocycles. The van der Waals surface area contributed by atoms with Crippen LogP contribution in [0.5, 0.6) is 11.5 Å². The third-order valence-corrected chi connectivity index (χ3v) is 4.04. The number of carbonyl (C=O) groups is 2. The van der Waals surface area contributed by atoms with Gasteiger partial charge in [-0.3, -0.25) is 0 Å². The summed E-state index contributed by atoms with van der Waals surface area (Å²) in [5, 5.41) is 9.32. The topological polar surface area (TPSA) is 72.8 Å². The summed E-state index contributed by atoms with van der Waals surface area (Å²) < 4.78 is 10.7. The van der Waals surface area contributed by atoms with Crippen LogP contribution in [0.2, 0.25) is 0 Å². The van der Waals surface area contributed by atoms with Crippen LogP contribution in [-0.2, 0) is 4.74 Å². The fraction of sp³-hybridized carbons (Fsp3) is 0.0667. The van der Waals surface area contributed by atoms with E-state index in [2.05, 4.69) is 36.6 Å². The molecule has 0 unspecified atom stereocenters. The summed E-state index contributed by atoms with van der Waals surface area (Å²) >= 11 is 6.41. The predicted octanol–water partition coefficient (Wildman–Crippen LogP) is 3.92. The van der Waals surface area contributed by atoms with Crippen LogP contribution in [0.3, 0.4) is 0 Å². The van der Waals surface area contributed by atoms with Crippen molar-refractivity contribution in [2.75, 3.05) is 7.11 Å². The molecule has 5 nitrogen and oxygen atoms in total. The van der Waals surface area contributed by atoms with E-state index in [0.717, 1.165) is 0 Å². The van der Waals surface area contributed by atoms with Crippen molar-refractivity contribution >= 4 is 43.8 Å². The number of carbonyl (C=O) groups excluding carboxylic acids is 2. The maximum atomic E-state index is 12.1. The standard InChI is InChI=1S/C15H10Br2O5/c1-21-14(19)10-5-3-9(7-13(10)17)22-15(20)11-4-2-8(18)6-12(11)16/h2-7,18H,1H3. The first-order valence-electron chi connectivity index (χ1n) is 6.01. The van der Waals surface area contributed by atoms with Gasteiger partial charge >= 0.3 is 11.9 Å². The molecule has 2 rings (SSSR count). The number of aromatic hydroxyl groups is 1. The summed E-state index contributed by atoms with van der Waals surface area (Å²) in [6, 6.07) is 8.70. The van der Waals surface area contributed by atoms with Crippen LogP contribution in [0.15, 0.2) is 45.3 Å². The Morgan fingerprint density at radius 1 is 0.955 bits per heavy atom. The minimum atomic E-state index is -0.593. The number of methoxy groups -OCH3 is 1. The first-order valence-corrected chi connectivity index (χ1v) is 7.59. The van der Waals surface area contributed by atoms with Crippen LogP contribution in [-0.4, -0.2) is 24.2 Å². The molecule has 1 N–H and O–H groups in total. The summed E-state index contributed by atoms with van der Waals surface area (Å²) in [5.41, 5.74) is 0.596. The molecule has 0 amide bonds. The highest BCUT2D eigenvalue weighted by Gasteiger charge is 2.15. The normalized spacial score (nSPS) is 10.1. The van der Waals surface area contributed by atoms with E-state index < -0.39 is 11.9 Å². The summed E-state index contributed by atoms with van der Waals surface area (Å²) in [5.74, 6) is -0.784. The van der Waals surface area contributed by atoms with Crippen LogP contribution in [0.25, 0.3) is 0 Å². The smallest absolute Gasteiger partial charge is 0.344 e. The van der Waals surface area contributed by atoms with Gasteiger partial charge in [0.2, 0.25) is 0 Å². The molecular weight excluding hydrogens is 420 g/mol. The highest BCUT2D eigenvalue weighted by Crippen LogP contribution is 2.26. The molecule has 0 bridgehead atoms. The molecule has 0 radical (unpaired) electrons. The van der Waals surface area contributed by atoms with E-state index in [9.17, 15) is 14.7 Å². The second-order valence-corrected chi connectivity index (χ2v) is 5.90. The van der Waals surface area contributed by atoms with Gasteiger partial charge in [0.25, 0.3) is 0 Å². The number of halogens is 2. The van der Waals surface area contributed by atoms with Crippen molar-refractivity contribution < 1.29 is 24.2 Å². The molecule has 2 aromatic rings. The molecular formula is C15H10Br2O5. The number of hydrogen-bond acceptors (Lipinski definition) is 5. The lowest BCUT2D eigenvalue weighted by Crippen LogP contribution is -2.10. The van der Waals surface area contributed by atoms with Crippen LogP contribution >= 0.6 is 31.9 Å². The number of benzene rings is 2. The molecule has 0 saturated heterocycles. The van der Waals surface area contributed by atoms with E-state index >= 15 is 0 Å². The molecule has 0 aliphatic carbocycles. The van der Waals surface area contributed by atoms with Crippen LogP contribution in [0, 0.1) is 0 Å².